The van der Waals surface area contributed by atoms with Gasteiger partial charge < -0.3 is 9.64 Å². The third-order valence-corrected chi connectivity index (χ3v) is 6.54. The minimum atomic E-state index is -3.69. The van der Waals surface area contributed by atoms with E-state index in [1.165, 1.54) is 15.5 Å². The number of likely N-dealkylation sites (N-methyl/N-ethyl adjacent to an activating group) is 1. The highest BCUT2D eigenvalue weighted by Gasteiger charge is 2.35. The molecule has 8 nitrogen and oxygen atoms in total. The second-order valence-electron chi connectivity index (χ2n) is 7.29. The number of imidazole rings is 1. The van der Waals surface area contributed by atoms with Gasteiger partial charge in [0.1, 0.15) is 11.2 Å². The van der Waals surface area contributed by atoms with Crippen molar-refractivity contribution in [3.63, 3.8) is 0 Å². The number of para-hydroxylation sites is 1. The molecular formula is C19H26N4O4S. The summed E-state index contributed by atoms with van der Waals surface area (Å²) in [4.78, 5) is 19.0. The monoisotopic (exact) mass is 406 g/mol. The maximum Gasteiger partial charge on any atom is 0.274 e. The molecule has 2 heterocycles. The maximum absolute atomic E-state index is 13.3. The van der Waals surface area contributed by atoms with Gasteiger partial charge in [-0.05, 0) is 18.1 Å². The molecule has 152 valence electrons. The smallest absolute Gasteiger partial charge is 0.274 e. The first kappa shape index (κ1) is 20.5. The number of carbonyl (C=O) groups is 1. The largest absolute Gasteiger partial charge is 0.383 e. The van der Waals surface area contributed by atoms with E-state index in [4.69, 9.17) is 4.74 Å². The summed E-state index contributed by atoms with van der Waals surface area (Å²) < 4.78 is 34.7. The molecule has 1 aromatic carbocycles. The highest BCUT2D eigenvalue weighted by atomic mass is 32.2. The number of carbonyl (C=O) groups excluding carboxylic acids is 1. The van der Waals surface area contributed by atoms with Gasteiger partial charge in [0.25, 0.3) is 5.91 Å². The molecule has 0 unspecified atom stereocenters. The zero-order valence-electron chi connectivity index (χ0n) is 16.6. The van der Waals surface area contributed by atoms with Crippen molar-refractivity contribution >= 4 is 15.9 Å². The first-order valence-electron chi connectivity index (χ1n) is 9.17. The Hall–Kier alpha value is -2.23. The van der Waals surface area contributed by atoms with Gasteiger partial charge in [-0.15, -0.1) is 0 Å². The number of rotatable bonds is 6. The molecule has 9 heteroatoms. The van der Waals surface area contributed by atoms with Crippen LogP contribution in [0.1, 0.15) is 30.0 Å². The Labute approximate surface area is 165 Å². The van der Waals surface area contributed by atoms with Crippen molar-refractivity contribution in [1.29, 1.82) is 0 Å². The zero-order chi connectivity index (χ0) is 20.5. The number of amides is 1. The lowest BCUT2D eigenvalue weighted by molar-refractivity contribution is 0.0737. The lowest BCUT2D eigenvalue weighted by Gasteiger charge is -2.22. The summed E-state index contributed by atoms with van der Waals surface area (Å²) in [6, 6.07) is 6.82. The molecule has 0 aliphatic carbocycles. The maximum atomic E-state index is 13.3. The predicted molar refractivity (Wildman–Crippen MR) is 105 cm³/mol. The number of fused-ring (bicyclic) bond motifs is 3. The summed E-state index contributed by atoms with van der Waals surface area (Å²) in [5.41, 5.74) is 1.34. The number of hydrogen-bond acceptors (Lipinski definition) is 5. The van der Waals surface area contributed by atoms with Crippen LogP contribution in [-0.4, -0.2) is 66.9 Å². The van der Waals surface area contributed by atoms with Crippen LogP contribution in [0.4, 0.5) is 0 Å². The predicted octanol–water partition coefficient (Wildman–Crippen LogP) is 1.75. The molecule has 1 aromatic heterocycles. The van der Waals surface area contributed by atoms with Gasteiger partial charge in [0.05, 0.1) is 24.5 Å². The Bertz CT molecular complexity index is 968. The highest BCUT2D eigenvalue weighted by Crippen LogP contribution is 2.31. The molecule has 1 aliphatic rings. The fourth-order valence-electron chi connectivity index (χ4n) is 3.26. The minimum Gasteiger partial charge on any atom is -0.383 e. The Kier molecular flexibility index (Phi) is 5.87. The van der Waals surface area contributed by atoms with Crippen molar-refractivity contribution in [2.24, 2.45) is 5.92 Å². The van der Waals surface area contributed by atoms with Crippen LogP contribution in [0.25, 0.3) is 5.69 Å². The van der Waals surface area contributed by atoms with E-state index in [2.05, 4.69) is 4.98 Å². The molecular weight excluding hydrogens is 380 g/mol. The van der Waals surface area contributed by atoms with Crippen molar-refractivity contribution in [2.75, 3.05) is 33.9 Å². The highest BCUT2D eigenvalue weighted by molar-refractivity contribution is 7.89. The lowest BCUT2D eigenvalue weighted by Crippen LogP contribution is -2.35. The second-order valence-corrected chi connectivity index (χ2v) is 9.19. The fourth-order valence-corrected chi connectivity index (χ4v) is 5.00. The molecule has 0 saturated carbocycles. The van der Waals surface area contributed by atoms with Gasteiger partial charge in [0.2, 0.25) is 10.0 Å². The van der Waals surface area contributed by atoms with Crippen LogP contribution in [0.15, 0.2) is 35.5 Å². The van der Waals surface area contributed by atoms with E-state index < -0.39 is 10.0 Å². The molecule has 0 atom stereocenters. The zero-order valence-corrected chi connectivity index (χ0v) is 17.4. The van der Waals surface area contributed by atoms with Crippen LogP contribution >= 0.6 is 0 Å². The van der Waals surface area contributed by atoms with Crippen molar-refractivity contribution in [3.8, 4) is 5.69 Å². The van der Waals surface area contributed by atoms with E-state index in [1.54, 1.807) is 43.0 Å². The average Bonchev–Trinajstić information content (AvgIpc) is 3.04. The van der Waals surface area contributed by atoms with Gasteiger partial charge >= 0.3 is 0 Å². The Morgan fingerprint density at radius 3 is 2.71 bits per heavy atom. The summed E-state index contributed by atoms with van der Waals surface area (Å²) in [6.45, 7) is 5.22. The van der Waals surface area contributed by atoms with Crippen LogP contribution in [0.5, 0.6) is 0 Å². The Morgan fingerprint density at radius 2 is 2.04 bits per heavy atom. The summed E-state index contributed by atoms with van der Waals surface area (Å²) in [7, 11) is -0.432. The van der Waals surface area contributed by atoms with Crippen molar-refractivity contribution in [2.45, 2.75) is 25.3 Å². The van der Waals surface area contributed by atoms with E-state index in [1.807, 2.05) is 13.8 Å². The van der Waals surface area contributed by atoms with Gasteiger partial charge in [0, 0.05) is 27.2 Å². The van der Waals surface area contributed by atoms with Crippen LogP contribution < -0.4 is 0 Å². The van der Waals surface area contributed by atoms with E-state index in [-0.39, 0.29) is 29.0 Å². The minimum absolute atomic E-state index is 0.0917. The third-order valence-electron chi connectivity index (χ3n) is 4.68. The number of sulfonamides is 1. The molecule has 0 bridgehead atoms. The third kappa shape index (κ3) is 3.69. The average molecular weight is 407 g/mol. The van der Waals surface area contributed by atoms with Gasteiger partial charge in [-0.25, -0.2) is 13.4 Å². The van der Waals surface area contributed by atoms with E-state index in [0.717, 1.165) is 0 Å². The number of hydrogen-bond donors (Lipinski definition) is 0. The number of benzene rings is 1. The number of ether oxygens (including phenoxy) is 1. The number of methoxy groups -OCH3 is 1. The second kappa shape index (κ2) is 8.02. The summed E-state index contributed by atoms with van der Waals surface area (Å²) in [5.74, 6) is -0.119. The van der Waals surface area contributed by atoms with Crippen LogP contribution in [0.2, 0.25) is 0 Å². The lowest BCUT2D eigenvalue weighted by atomic mass is 10.2. The van der Waals surface area contributed by atoms with E-state index in [9.17, 15) is 13.2 Å². The fraction of sp³-hybridized carbons (Fsp3) is 0.474. The number of aromatic nitrogens is 2. The molecule has 0 fully saturated rings. The van der Waals surface area contributed by atoms with Gasteiger partial charge in [-0.2, -0.15) is 4.31 Å². The number of nitrogens with zero attached hydrogens (tertiary/aromatic N) is 4. The summed E-state index contributed by atoms with van der Waals surface area (Å²) >= 11 is 0. The van der Waals surface area contributed by atoms with Crippen molar-refractivity contribution in [3.05, 3.63) is 42.0 Å². The molecule has 0 N–H and O–H groups in total. The molecule has 3 rings (SSSR count). The summed E-state index contributed by atoms with van der Waals surface area (Å²) in [6.07, 6.45) is 1.53. The molecule has 1 aliphatic heterocycles. The quantitative estimate of drug-likeness (QED) is 0.730. The molecule has 0 spiro atoms. The topological polar surface area (TPSA) is 84.7 Å². The van der Waals surface area contributed by atoms with Crippen LogP contribution in [0, 0.1) is 5.92 Å². The van der Waals surface area contributed by atoms with Crippen LogP contribution in [-0.2, 0) is 21.3 Å². The molecule has 0 saturated heterocycles. The SMILES string of the molecule is COCCN(C)C(=O)c1ncn2c1CN(CC(C)C)S(=O)(=O)c1ccccc1-2. The molecule has 28 heavy (non-hydrogen) atoms. The normalized spacial score (nSPS) is 15.8. The van der Waals surface area contributed by atoms with E-state index in [0.29, 0.717) is 31.1 Å². The van der Waals surface area contributed by atoms with Gasteiger partial charge in [0.15, 0.2) is 5.69 Å². The van der Waals surface area contributed by atoms with Crippen LogP contribution in [0.3, 0.4) is 0 Å². The molecule has 2 aromatic rings. The molecule has 0 radical (unpaired) electrons. The van der Waals surface area contributed by atoms with Gasteiger partial charge in [-0.1, -0.05) is 26.0 Å². The van der Waals surface area contributed by atoms with Crippen molar-refractivity contribution < 1.29 is 17.9 Å². The van der Waals surface area contributed by atoms with Crippen molar-refractivity contribution in [1.82, 2.24) is 18.8 Å². The van der Waals surface area contributed by atoms with Gasteiger partial charge in [-0.3, -0.25) is 9.36 Å². The first-order valence-corrected chi connectivity index (χ1v) is 10.6. The molecule has 1 amide bonds. The first-order chi connectivity index (χ1) is 13.3. The standard InChI is InChI=1S/C19H26N4O4S/c1-14(2)11-22-12-16-18(19(24)21(3)9-10-27-4)20-13-23(16)15-7-5-6-8-17(15)28(22,25)26/h5-8,13-14H,9-12H2,1-4H3. The summed E-state index contributed by atoms with van der Waals surface area (Å²) in [5, 5.41) is 0. The Morgan fingerprint density at radius 1 is 1.32 bits per heavy atom. The van der Waals surface area contributed by atoms with E-state index >= 15 is 0 Å². The Balaban J connectivity index is 2.12.